The third-order valence-corrected chi connectivity index (χ3v) is 3.10. The number of hydrogen-bond donors (Lipinski definition) is 1. The zero-order valence-corrected chi connectivity index (χ0v) is 9.20. The molecule has 0 radical (unpaired) electrons. The van der Waals surface area contributed by atoms with Crippen LogP contribution in [-0.4, -0.2) is 36.1 Å². The van der Waals surface area contributed by atoms with Crippen LogP contribution in [0.3, 0.4) is 0 Å². The fraction of sp³-hybridized carbons (Fsp3) is 0.909. The highest BCUT2D eigenvalue weighted by Crippen LogP contribution is 2.24. The van der Waals surface area contributed by atoms with Crippen molar-refractivity contribution in [2.45, 2.75) is 32.6 Å². The van der Waals surface area contributed by atoms with E-state index in [1.807, 2.05) is 6.92 Å². The molecule has 1 N–H and O–H groups in total. The summed E-state index contributed by atoms with van der Waals surface area (Å²) in [7, 11) is 2.15. The highest BCUT2D eigenvalue weighted by Gasteiger charge is 2.19. The van der Waals surface area contributed by atoms with Crippen LogP contribution in [0.5, 0.6) is 0 Å². The summed E-state index contributed by atoms with van der Waals surface area (Å²) in [6.07, 6.45) is 3.88. The molecule has 1 heterocycles. The Morgan fingerprint density at radius 2 is 2.07 bits per heavy atom. The van der Waals surface area contributed by atoms with E-state index in [1.54, 1.807) is 0 Å². The summed E-state index contributed by atoms with van der Waals surface area (Å²) in [6, 6.07) is 0. The van der Waals surface area contributed by atoms with Gasteiger partial charge in [-0.2, -0.15) is 0 Å². The maximum Gasteiger partial charge on any atom is 0.303 e. The second-order valence-corrected chi connectivity index (χ2v) is 4.69. The van der Waals surface area contributed by atoms with E-state index in [9.17, 15) is 4.79 Å². The molecular formula is C11H21NO2. The van der Waals surface area contributed by atoms with E-state index < -0.39 is 5.97 Å². The maximum absolute atomic E-state index is 10.5. The van der Waals surface area contributed by atoms with Gasteiger partial charge in [-0.3, -0.25) is 4.79 Å². The second kappa shape index (κ2) is 5.35. The Labute approximate surface area is 86.1 Å². The molecule has 1 fully saturated rings. The van der Waals surface area contributed by atoms with Gasteiger partial charge in [-0.05, 0) is 51.2 Å². The SMILES string of the molecule is CC(CC(=O)O)CC1CCN(C)CC1. The molecule has 82 valence electrons. The lowest BCUT2D eigenvalue weighted by Gasteiger charge is -2.30. The van der Waals surface area contributed by atoms with Crippen molar-refractivity contribution in [3.63, 3.8) is 0 Å². The summed E-state index contributed by atoms with van der Waals surface area (Å²) in [4.78, 5) is 12.8. The molecule has 1 rings (SSSR count). The van der Waals surface area contributed by atoms with Gasteiger partial charge in [-0.25, -0.2) is 0 Å². The minimum absolute atomic E-state index is 0.326. The quantitative estimate of drug-likeness (QED) is 0.751. The number of nitrogens with zero attached hydrogens (tertiary/aromatic N) is 1. The lowest BCUT2D eigenvalue weighted by molar-refractivity contribution is -0.138. The number of piperidine rings is 1. The number of carbonyl (C=O) groups is 1. The van der Waals surface area contributed by atoms with E-state index in [4.69, 9.17) is 5.11 Å². The summed E-state index contributed by atoms with van der Waals surface area (Å²) in [5, 5.41) is 8.65. The Hall–Kier alpha value is -0.570. The van der Waals surface area contributed by atoms with Crippen LogP contribution in [0, 0.1) is 11.8 Å². The van der Waals surface area contributed by atoms with Gasteiger partial charge in [0.25, 0.3) is 0 Å². The van der Waals surface area contributed by atoms with Gasteiger partial charge in [0.15, 0.2) is 0 Å². The highest BCUT2D eigenvalue weighted by atomic mass is 16.4. The first kappa shape index (κ1) is 11.5. The van der Waals surface area contributed by atoms with Crippen LogP contribution < -0.4 is 0 Å². The largest absolute Gasteiger partial charge is 0.481 e. The minimum Gasteiger partial charge on any atom is -0.481 e. The average Bonchev–Trinajstić information content (AvgIpc) is 2.07. The molecule has 3 heteroatoms. The number of aliphatic carboxylic acids is 1. The molecule has 1 saturated heterocycles. The molecule has 0 spiro atoms. The number of carboxylic acid groups (broad SMARTS) is 1. The fourth-order valence-corrected chi connectivity index (χ4v) is 2.25. The molecular weight excluding hydrogens is 178 g/mol. The predicted molar refractivity (Wildman–Crippen MR) is 56.3 cm³/mol. The van der Waals surface area contributed by atoms with Crippen molar-refractivity contribution >= 4 is 5.97 Å². The molecule has 0 bridgehead atoms. The van der Waals surface area contributed by atoms with E-state index in [2.05, 4.69) is 11.9 Å². The summed E-state index contributed by atoms with van der Waals surface area (Å²) in [5.41, 5.74) is 0. The molecule has 0 aromatic rings. The molecule has 14 heavy (non-hydrogen) atoms. The predicted octanol–water partition coefficient (Wildman–Crippen LogP) is 1.83. The third kappa shape index (κ3) is 4.09. The maximum atomic E-state index is 10.5. The summed E-state index contributed by atoms with van der Waals surface area (Å²) in [5.74, 6) is 0.423. The van der Waals surface area contributed by atoms with Gasteiger partial charge in [-0.1, -0.05) is 6.92 Å². The van der Waals surface area contributed by atoms with Gasteiger partial charge in [0.2, 0.25) is 0 Å². The van der Waals surface area contributed by atoms with Crippen LogP contribution in [0.4, 0.5) is 0 Å². The topological polar surface area (TPSA) is 40.5 Å². The molecule has 1 aliphatic heterocycles. The Morgan fingerprint density at radius 3 is 2.57 bits per heavy atom. The molecule has 1 unspecified atom stereocenters. The zero-order chi connectivity index (χ0) is 10.6. The normalized spacial score (nSPS) is 22.1. The Kier molecular flexibility index (Phi) is 4.39. The smallest absolute Gasteiger partial charge is 0.303 e. The summed E-state index contributed by atoms with van der Waals surface area (Å²) >= 11 is 0. The molecule has 0 aliphatic carbocycles. The Morgan fingerprint density at radius 1 is 1.50 bits per heavy atom. The van der Waals surface area contributed by atoms with E-state index >= 15 is 0 Å². The van der Waals surface area contributed by atoms with Crippen molar-refractivity contribution in [1.29, 1.82) is 0 Å². The van der Waals surface area contributed by atoms with Crippen molar-refractivity contribution in [2.75, 3.05) is 20.1 Å². The van der Waals surface area contributed by atoms with Crippen molar-refractivity contribution in [2.24, 2.45) is 11.8 Å². The zero-order valence-electron chi connectivity index (χ0n) is 9.20. The lowest BCUT2D eigenvalue weighted by atomic mass is 9.87. The number of carboxylic acids is 1. The Balaban J connectivity index is 2.20. The fourth-order valence-electron chi connectivity index (χ4n) is 2.25. The number of likely N-dealkylation sites (tertiary alicyclic amines) is 1. The van der Waals surface area contributed by atoms with Gasteiger partial charge in [0.05, 0.1) is 0 Å². The first-order chi connectivity index (χ1) is 6.58. The van der Waals surface area contributed by atoms with E-state index in [-0.39, 0.29) is 0 Å². The van der Waals surface area contributed by atoms with Crippen molar-refractivity contribution in [1.82, 2.24) is 4.90 Å². The van der Waals surface area contributed by atoms with Gasteiger partial charge < -0.3 is 10.0 Å². The number of rotatable bonds is 4. The highest BCUT2D eigenvalue weighted by molar-refractivity contribution is 5.66. The molecule has 0 aromatic heterocycles. The van der Waals surface area contributed by atoms with E-state index in [1.165, 1.54) is 25.9 Å². The first-order valence-electron chi connectivity index (χ1n) is 5.48. The summed E-state index contributed by atoms with van der Waals surface area (Å²) < 4.78 is 0. The van der Waals surface area contributed by atoms with Crippen molar-refractivity contribution in [3.8, 4) is 0 Å². The van der Waals surface area contributed by atoms with E-state index in [0.717, 1.165) is 12.3 Å². The van der Waals surface area contributed by atoms with Crippen molar-refractivity contribution in [3.05, 3.63) is 0 Å². The second-order valence-electron chi connectivity index (χ2n) is 4.69. The summed E-state index contributed by atoms with van der Waals surface area (Å²) in [6.45, 7) is 4.39. The molecule has 3 nitrogen and oxygen atoms in total. The van der Waals surface area contributed by atoms with Crippen LogP contribution >= 0.6 is 0 Å². The van der Waals surface area contributed by atoms with Gasteiger partial charge in [0.1, 0.15) is 0 Å². The standard InChI is InChI=1S/C11H21NO2/c1-9(8-11(13)14)7-10-3-5-12(2)6-4-10/h9-10H,3-8H2,1-2H3,(H,13,14). The van der Waals surface area contributed by atoms with Crippen LogP contribution in [0.2, 0.25) is 0 Å². The van der Waals surface area contributed by atoms with E-state index in [0.29, 0.717) is 12.3 Å². The molecule has 1 atom stereocenters. The van der Waals surface area contributed by atoms with Crippen molar-refractivity contribution < 1.29 is 9.90 Å². The van der Waals surface area contributed by atoms with Crippen LogP contribution in [0.25, 0.3) is 0 Å². The van der Waals surface area contributed by atoms with Crippen LogP contribution in [-0.2, 0) is 4.79 Å². The first-order valence-corrected chi connectivity index (χ1v) is 5.48. The molecule has 0 saturated carbocycles. The van der Waals surface area contributed by atoms with Gasteiger partial charge in [-0.15, -0.1) is 0 Å². The minimum atomic E-state index is -0.662. The lowest BCUT2D eigenvalue weighted by Crippen LogP contribution is -2.31. The number of hydrogen-bond acceptors (Lipinski definition) is 2. The van der Waals surface area contributed by atoms with Gasteiger partial charge in [0, 0.05) is 6.42 Å². The van der Waals surface area contributed by atoms with Crippen LogP contribution in [0.1, 0.15) is 32.6 Å². The monoisotopic (exact) mass is 199 g/mol. The average molecular weight is 199 g/mol. The van der Waals surface area contributed by atoms with Gasteiger partial charge >= 0.3 is 5.97 Å². The third-order valence-electron chi connectivity index (χ3n) is 3.10. The molecule has 0 aromatic carbocycles. The van der Waals surface area contributed by atoms with Crippen LogP contribution in [0.15, 0.2) is 0 Å². The Bertz CT molecular complexity index is 186. The molecule has 0 amide bonds. The molecule has 1 aliphatic rings.